The zero-order valence-corrected chi connectivity index (χ0v) is 13.4. The largest absolute Gasteiger partial charge is 0.261 e. The Bertz CT molecular complexity index is 677. The minimum atomic E-state index is -0.107. The molecule has 0 saturated carbocycles. The van der Waals surface area contributed by atoms with Crippen LogP contribution < -0.4 is 5.30 Å². The number of hydrogen-bond acceptors (Lipinski definition) is 1. The second-order valence-electron chi connectivity index (χ2n) is 6.17. The average Bonchev–Trinajstić information content (AvgIpc) is 3.04. The lowest BCUT2D eigenvalue weighted by Gasteiger charge is -2.24. The molecule has 0 spiro atoms. The van der Waals surface area contributed by atoms with Crippen molar-refractivity contribution in [2.24, 2.45) is 0 Å². The predicted molar refractivity (Wildman–Crippen MR) is 90.5 cm³/mol. The van der Waals surface area contributed by atoms with E-state index < -0.39 is 0 Å². The average molecular weight is 293 g/mol. The normalized spacial score (nSPS) is 31.0. The molecule has 4 rings (SSSR count). The first-order valence-electron chi connectivity index (χ1n) is 7.69. The highest BCUT2D eigenvalue weighted by molar-refractivity contribution is 7.68. The van der Waals surface area contributed by atoms with Crippen molar-refractivity contribution in [3.05, 3.63) is 71.6 Å². The van der Waals surface area contributed by atoms with Gasteiger partial charge in [-0.2, -0.15) is 0 Å². The van der Waals surface area contributed by atoms with E-state index in [9.17, 15) is 0 Å². The molecule has 0 unspecified atom stereocenters. The number of rotatable bonds is 2. The van der Waals surface area contributed by atoms with Gasteiger partial charge in [-0.05, 0) is 37.7 Å². The predicted octanol–water partition coefficient (Wildman–Crippen LogP) is 4.46. The topological polar surface area (TPSA) is 12.9 Å². The Labute approximate surface area is 127 Å². The molecular weight excluding hydrogens is 273 g/mol. The Hall–Kier alpha value is -1.46. The number of aromatic nitrogens is 1. The fraction of sp³-hybridized carbons (Fsp3) is 0.316. The molecule has 2 aliphatic rings. The quantitative estimate of drug-likeness (QED) is 0.588. The summed E-state index contributed by atoms with van der Waals surface area (Å²) in [5.41, 5.74) is 6.04. The van der Waals surface area contributed by atoms with Crippen molar-refractivity contribution in [1.29, 1.82) is 0 Å². The summed E-state index contributed by atoms with van der Waals surface area (Å²) >= 11 is 0. The summed E-state index contributed by atoms with van der Waals surface area (Å²) in [6, 6.07) is 17.5. The molecule has 1 fully saturated rings. The monoisotopic (exact) mass is 293 g/mol. The van der Waals surface area contributed by atoms with Crippen molar-refractivity contribution in [2.75, 3.05) is 0 Å². The maximum atomic E-state index is 4.65. The standard InChI is InChI=1S/C19H20NP/c1-13-14(2)19-16(17-10-6-7-11-20-17)12-18(13)21(19)15-8-4-3-5-9-15/h3-11,16,18-19H,12H2,1-2H3/t16-,18+,19+,21+/m1/s1. The summed E-state index contributed by atoms with van der Waals surface area (Å²) in [5, 5.41) is 1.57. The first-order chi connectivity index (χ1) is 10.3. The summed E-state index contributed by atoms with van der Waals surface area (Å²) < 4.78 is 0. The zero-order valence-electron chi connectivity index (χ0n) is 12.5. The second kappa shape index (κ2) is 5.07. The van der Waals surface area contributed by atoms with E-state index in [1.807, 2.05) is 12.3 Å². The Morgan fingerprint density at radius 3 is 2.43 bits per heavy atom. The minimum absolute atomic E-state index is 0.107. The number of pyridine rings is 1. The van der Waals surface area contributed by atoms with Crippen LogP contribution >= 0.6 is 7.92 Å². The van der Waals surface area contributed by atoms with Crippen LogP contribution in [0.5, 0.6) is 0 Å². The number of fused-ring (bicyclic) bond motifs is 2. The highest BCUT2D eigenvalue weighted by Gasteiger charge is 2.51. The molecule has 3 heterocycles. The van der Waals surface area contributed by atoms with Crippen LogP contribution in [0.15, 0.2) is 65.9 Å². The van der Waals surface area contributed by atoms with E-state index in [1.165, 1.54) is 12.1 Å². The minimum Gasteiger partial charge on any atom is -0.261 e. The van der Waals surface area contributed by atoms with E-state index in [0.29, 0.717) is 11.6 Å². The molecule has 2 aliphatic heterocycles. The van der Waals surface area contributed by atoms with Crippen molar-refractivity contribution >= 4 is 13.2 Å². The van der Waals surface area contributed by atoms with Gasteiger partial charge in [0.15, 0.2) is 0 Å². The molecule has 1 nitrogen and oxygen atoms in total. The van der Waals surface area contributed by atoms with Crippen molar-refractivity contribution in [2.45, 2.75) is 37.5 Å². The highest BCUT2D eigenvalue weighted by atomic mass is 31.1. The van der Waals surface area contributed by atoms with Crippen molar-refractivity contribution < 1.29 is 0 Å². The number of hydrogen-bond donors (Lipinski definition) is 0. The molecule has 2 aromatic rings. The zero-order chi connectivity index (χ0) is 14.4. The van der Waals surface area contributed by atoms with E-state index in [2.05, 4.69) is 61.3 Å². The van der Waals surface area contributed by atoms with Gasteiger partial charge in [-0.25, -0.2) is 0 Å². The van der Waals surface area contributed by atoms with Gasteiger partial charge in [0.2, 0.25) is 0 Å². The second-order valence-corrected chi connectivity index (χ2v) is 8.68. The summed E-state index contributed by atoms with van der Waals surface area (Å²) in [5.74, 6) is 0.617. The molecule has 1 saturated heterocycles. The van der Waals surface area contributed by atoms with Gasteiger partial charge in [-0.3, -0.25) is 4.98 Å². The molecule has 2 bridgehead atoms. The number of nitrogens with zero attached hydrogens (tertiary/aromatic N) is 1. The molecule has 4 atom stereocenters. The van der Waals surface area contributed by atoms with Gasteiger partial charge in [0.05, 0.1) is 0 Å². The summed E-state index contributed by atoms with van der Waals surface area (Å²) in [7, 11) is -0.107. The number of benzene rings is 1. The molecule has 106 valence electrons. The maximum absolute atomic E-state index is 4.65. The van der Waals surface area contributed by atoms with E-state index in [-0.39, 0.29) is 7.92 Å². The van der Waals surface area contributed by atoms with Crippen LogP contribution in [-0.4, -0.2) is 16.3 Å². The van der Waals surface area contributed by atoms with E-state index in [4.69, 9.17) is 0 Å². The summed E-state index contributed by atoms with van der Waals surface area (Å²) in [6.45, 7) is 4.71. The van der Waals surface area contributed by atoms with Gasteiger partial charge in [-0.1, -0.05) is 55.5 Å². The van der Waals surface area contributed by atoms with Crippen LogP contribution in [0.1, 0.15) is 31.9 Å². The fourth-order valence-electron chi connectivity index (χ4n) is 4.08. The fourth-order valence-corrected chi connectivity index (χ4v) is 8.02. The third-order valence-corrected chi connectivity index (χ3v) is 8.69. The molecule has 21 heavy (non-hydrogen) atoms. The summed E-state index contributed by atoms with van der Waals surface area (Å²) in [4.78, 5) is 4.65. The van der Waals surface area contributed by atoms with Crippen molar-refractivity contribution in [3.63, 3.8) is 0 Å². The van der Waals surface area contributed by atoms with Gasteiger partial charge >= 0.3 is 0 Å². The van der Waals surface area contributed by atoms with Crippen molar-refractivity contribution in [3.8, 4) is 0 Å². The molecule has 2 heteroatoms. The Balaban J connectivity index is 1.77. The lowest BCUT2D eigenvalue weighted by atomic mass is 9.83. The lowest BCUT2D eigenvalue weighted by Crippen LogP contribution is -2.17. The molecule has 0 aliphatic carbocycles. The Kier molecular flexibility index (Phi) is 3.19. The first-order valence-corrected chi connectivity index (χ1v) is 9.17. The SMILES string of the molecule is CC1=C(C)[C@H]2[C@@H](c3ccccn3)C[C@@H]1[P@]2c1ccccc1. The van der Waals surface area contributed by atoms with Crippen molar-refractivity contribution in [1.82, 2.24) is 4.98 Å². The molecule has 0 amide bonds. The Morgan fingerprint density at radius 2 is 1.71 bits per heavy atom. The van der Waals surface area contributed by atoms with Crippen LogP contribution in [0, 0.1) is 0 Å². The van der Waals surface area contributed by atoms with Gasteiger partial charge in [0, 0.05) is 29.1 Å². The smallest absolute Gasteiger partial charge is 0.0444 e. The molecule has 1 aromatic heterocycles. The van der Waals surface area contributed by atoms with Gasteiger partial charge in [0.25, 0.3) is 0 Å². The van der Waals surface area contributed by atoms with E-state index in [0.717, 1.165) is 5.66 Å². The first kappa shape index (κ1) is 13.2. The van der Waals surface area contributed by atoms with Gasteiger partial charge < -0.3 is 0 Å². The molecular formula is C19H20NP. The molecule has 0 radical (unpaired) electrons. The maximum Gasteiger partial charge on any atom is 0.0444 e. The van der Waals surface area contributed by atoms with Crippen LogP contribution in [-0.2, 0) is 0 Å². The highest BCUT2D eigenvalue weighted by Crippen LogP contribution is 2.69. The van der Waals surface area contributed by atoms with Crippen LogP contribution in [0.2, 0.25) is 0 Å². The van der Waals surface area contributed by atoms with Crippen LogP contribution in [0.3, 0.4) is 0 Å². The number of allylic oxidation sites excluding steroid dienone is 2. The van der Waals surface area contributed by atoms with E-state index >= 15 is 0 Å². The van der Waals surface area contributed by atoms with Crippen LogP contribution in [0.4, 0.5) is 0 Å². The third-order valence-electron chi connectivity index (χ3n) is 5.18. The van der Waals surface area contributed by atoms with Gasteiger partial charge in [0.1, 0.15) is 0 Å². The van der Waals surface area contributed by atoms with Gasteiger partial charge in [-0.15, -0.1) is 0 Å². The third kappa shape index (κ3) is 1.99. The lowest BCUT2D eigenvalue weighted by molar-refractivity contribution is 0.622. The van der Waals surface area contributed by atoms with E-state index in [1.54, 1.807) is 16.5 Å². The van der Waals surface area contributed by atoms with Crippen LogP contribution in [0.25, 0.3) is 0 Å². The summed E-state index contributed by atoms with van der Waals surface area (Å²) in [6.07, 6.45) is 3.23. The Morgan fingerprint density at radius 1 is 0.952 bits per heavy atom. The molecule has 0 N–H and O–H groups in total. The molecule has 1 aromatic carbocycles.